The fraction of sp³-hybridized carbons (Fsp3) is 0.167. The van der Waals surface area contributed by atoms with Crippen LogP contribution in [0.25, 0.3) is 0 Å². The van der Waals surface area contributed by atoms with E-state index in [9.17, 15) is 0 Å². The molecule has 1 radical (unpaired) electrons. The molecule has 0 spiro atoms. The molecule has 1 aromatic heterocycles. The Balaban J connectivity index is 0.000000490. The van der Waals surface area contributed by atoms with E-state index in [4.69, 9.17) is 0 Å². The van der Waals surface area contributed by atoms with Gasteiger partial charge in [0.15, 0.2) is 0 Å². The van der Waals surface area contributed by atoms with E-state index < -0.39 is 0 Å². The van der Waals surface area contributed by atoms with Gasteiger partial charge in [0, 0.05) is 45.1 Å². The summed E-state index contributed by atoms with van der Waals surface area (Å²) in [6, 6.07) is 3.94. The van der Waals surface area contributed by atoms with Crippen molar-refractivity contribution in [2.24, 2.45) is 0 Å². The van der Waals surface area contributed by atoms with Gasteiger partial charge < -0.3 is 0 Å². The van der Waals surface area contributed by atoms with Crippen molar-refractivity contribution in [2.75, 3.05) is 0 Å². The van der Waals surface area contributed by atoms with Crippen molar-refractivity contribution < 1.29 is 32.7 Å². The summed E-state index contributed by atoms with van der Waals surface area (Å²) in [5.41, 5.74) is 1.26. The van der Waals surface area contributed by atoms with E-state index in [0.29, 0.717) is 0 Å². The van der Waals surface area contributed by atoms with Crippen LogP contribution >= 0.6 is 0 Å². The zero-order valence-electron chi connectivity index (χ0n) is 4.83. The van der Waals surface area contributed by atoms with E-state index in [1.807, 2.05) is 19.1 Å². The maximum atomic E-state index is 3.85. The number of hydrogen-bond acceptors (Lipinski definition) is 1. The molecule has 0 aliphatic carbocycles. The number of pyridine rings is 1. The molecule has 8 heavy (non-hydrogen) atoms. The van der Waals surface area contributed by atoms with Crippen LogP contribution in [0.2, 0.25) is 0 Å². The molecule has 0 aromatic carbocycles. The first kappa shape index (κ1) is 8.25. The van der Waals surface area contributed by atoms with Crippen molar-refractivity contribution in [3.8, 4) is 0 Å². The van der Waals surface area contributed by atoms with Gasteiger partial charge in [0.2, 0.25) is 0 Å². The maximum absolute atomic E-state index is 3.85. The minimum absolute atomic E-state index is 0. The molecule has 0 aliphatic rings. The Morgan fingerprint density at radius 1 is 1.25 bits per heavy atom. The predicted molar refractivity (Wildman–Crippen MR) is 29.0 cm³/mol. The van der Waals surface area contributed by atoms with E-state index in [2.05, 4.69) is 4.98 Å². The van der Waals surface area contributed by atoms with Crippen molar-refractivity contribution in [1.82, 2.24) is 4.98 Å². The van der Waals surface area contributed by atoms with Crippen LogP contribution in [0.1, 0.15) is 5.56 Å². The number of aromatic nitrogens is 1. The zero-order valence-corrected chi connectivity index (χ0v) is 7.67. The molecule has 0 N–H and O–H groups in total. The number of nitrogens with zero attached hydrogens (tertiary/aromatic N) is 1. The van der Waals surface area contributed by atoms with Crippen LogP contribution in [0, 0.1) is 6.92 Å². The average Bonchev–Trinajstić information content (AvgIpc) is 1.69. The average molecular weight is 182 g/mol. The Labute approximate surface area is 74.4 Å². The fourth-order valence-corrected chi connectivity index (χ4v) is 0.426. The molecule has 1 nitrogen and oxygen atoms in total. The van der Waals surface area contributed by atoms with Crippen molar-refractivity contribution in [3.05, 3.63) is 30.1 Å². The molecule has 1 rings (SSSR count). The van der Waals surface area contributed by atoms with Gasteiger partial charge in [-0.15, -0.1) is 0 Å². The molecule has 0 amide bonds. The Hall–Kier alpha value is 0.254. The molecule has 1 aromatic rings. The molecule has 0 aliphatic heterocycles. The van der Waals surface area contributed by atoms with E-state index in [1.54, 1.807) is 12.4 Å². The van der Waals surface area contributed by atoms with Crippen LogP contribution in [-0.4, -0.2) is 4.98 Å². The minimum atomic E-state index is 0. The maximum Gasteiger partial charge on any atom is 0.0270 e. The van der Waals surface area contributed by atoms with Gasteiger partial charge >= 0.3 is 0 Å². The molecule has 0 fully saturated rings. The van der Waals surface area contributed by atoms with Gasteiger partial charge in [0.05, 0.1) is 0 Å². The molecule has 39 valence electrons. The molecule has 0 bridgehead atoms. The third-order valence-corrected chi connectivity index (χ3v) is 0.847. The summed E-state index contributed by atoms with van der Waals surface area (Å²) >= 11 is 0. The van der Waals surface area contributed by atoms with E-state index >= 15 is 0 Å². The fourth-order valence-electron chi connectivity index (χ4n) is 0.426. The normalized spacial score (nSPS) is 7.62. The zero-order chi connectivity index (χ0) is 5.11. The topological polar surface area (TPSA) is 12.9 Å². The minimum Gasteiger partial charge on any atom is -0.265 e. The van der Waals surface area contributed by atoms with Crippen molar-refractivity contribution >= 4 is 0 Å². The van der Waals surface area contributed by atoms with Crippen LogP contribution < -0.4 is 0 Å². The summed E-state index contributed by atoms with van der Waals surface area (Å²) < 4.78 is 0. The number of rotatable bonds is 0. The molecular formula is C6H7NY. The first-order valence-electron chi connectivity index (χ1n) is 2.26. The molecule has 0 atom stereocenters. The summed E-state index contributed by atoms with van der Waals surface area (Å²) in [7, 11) is 0. The third kappa shape index (κ3) is 2.53. The second-order valence-corrected chi connectivity index (χ2v) is 1.52. The molecule has 0 unspecified atom stereocenters. The van der Waals surface area contributed by atoms with Crippen LogP contribution in [0.3, 0.4) is 0 Å². The van der Waals surface area contributed by atoms with Gasteiger partial charge in [-0.1, -0.05) is 0 Å². The van der Waals surface area contributed by atoms with E-state index in [-0.39, 0.29) is 32.7 Å². The van der Waals surface area contributed by atoms with Gasteiger partial charge in [-0.25, -0.2) is 0 Å². The van der Waals surface area contributed by atoms with Crippen LogP contribution in [0.4, 0.5) is 0 Å². The standard InChI is InChI=1S/C6H7N.Y/c1-6-2-4-7-5-3-6;/h2-5H,1H3;. The van der Waals surface area contributed by atoms with Gasteiger partial charge in [0.25, 0.3) is 0 Å². The van der Waals surface area contributed by atoms with Crippen LogP contribution in [-0.2, 0) is 32.7 Å². The Morgan fingerprint density at radius 3 is 2.00 bits per heavy atom. The smallest absolute Gasteiger partial charge is 0.0270 e. The SMILES string of the molecule is Cc1ccncc1.[Y]. The second-order valence-electron chi connectivity index (χ2n) is 1.52. The quantitative estimate of drug-likeness (QED) is 0.590. The van der Waals surface area contributed by atoms with Gasteiger partial charge in [0.1, 0.15) is 0 Å². The first-order valence-corrected chi connectivity index (χ1v) is 2.26. The van der Waals surface area contributed by atoms with Crippen LogP contribution in [0.5, 0.6) is 0 Å². The summed E-state index contributed by atoms with van der Waals surface area (Å²) in [6.45, 7) is 2.04. The predicted octanol–water partition coefficient (Wildman–Crippen LogP) is 1.39. The number of aryl methyl sites for hydroxylation is 1. The monoisotopic (exact) mass is 182 g/mol. The second kappa shape index (κ2) is 4.16. The largest absolute Gasteiger partial charge is 0.265 e. The molecule has 0 saturated carbocycles. The van der Waals surface area contributed by atoms with E-state index in [0.717, 1.165) is 0 Å². The Morgan fingerprint density at radius 2 is 1.75 bits per heavy atom. The van der Waals surface area contributed by atoms with Crippen molar-refractivity contribution in [3.63, 3.8) is 0 Å². The first-order chi connectivity index (χ1) is 3.39. The molecular weight excluding hydrogens is 175 g/mol. The van der Waals surface area contributed by atoms with Crippen molar-refractivity contribution in [1.29, 1.82) is 0 Å². The summed E-state index contributed by atoms with van der Waals surface area (Å²) in [4.78, 5) is 3.85. The Bertz CT molecular complexity index is 138. The van der Waals surface area contributed by atoms with E-state index in [1.165, 1.54) is 5.56 Å². The van der Waals surface area contributed by atoms with Gasteiger partial charge in [-0.05, 0) is 24.6 Å². The Kier molecular flexibility index (Phi) is 4.30. The molecule has 0 saturated heterocycles. The summed E-state index contributed by atoms with van der Waals surface area (Å²) in [6.07, 6.45) is 3.57. The third-order valence-electron chi connectivity index (χ3n) is 0.847. The summed E-state index contributed by atoms with van der Waals surface area (Å²) in [5.74, 6) is 0. The van der Waals surface area contributed by atoms with Crippen LogP contribution in [0.15, 0.2) is 24.5 Å². The summed E-state index contributed by atoms with van der Waals surface area (Å²) in [5, 5.41) is 0. The molecule has 2 heteroatoms. The number of hydrogen-bond donors (Lipinski definition) is 0. The van der Waals surface area contributed by atoms with Gasteiger partial charge in [-0.2, -0.15) is 0 Å². The molecule has 1 heterocycles. The van der Waals surface area contributed by atoms with Crippen molar-refractivity contribution in [2.45, 2.75) is 6.92 Å². The van der Waals surface area contributed by atoms with Gasteiger partial charge in [-0.3, -0.25) is 4.98 Å².